The highest BCUT2D eigenvalue weighted by Crippen LogP contribution is 2.34. The quantitative estimate of drug-likeness (QED) is 0.344. The van der Waals surface area contributed by atoms with Crippen LogP contribution in [0.4, 0.5) is 5.69 Å². The summed E-state index contributed by atoms with van der Waals surface area (Å²) in [6.45, 7) is 6.98. The van der Waals surface area contributed by atoms with E-state index in [1.807, 2.05) is 0 Å². The van der Waals surface area contributed by atoms with Gasteiger partial charge in [0, 0.05) is 23.7 Å². The van der Waals surface area contributed by atoms with Crippen molar-refractivity contribution in [2.24, 2.45) is 0 Å². The minimum atomic E-state index is -0.314. The minimum absolute atomic E-state index is 0.0842. The Hall–Kier alpha value is -3.82. The van der Waals surface area contributed by atoms with Gasteiger partial charge < -0.3 is 24.1 Å². The van der Waals surface area contributed by atoms with Gasteiger partial charge in [0.1, 0.15) is 17.3 Å². The maximum Gasteiger partial charge on any atom is 0.287 e. The van der Waals surface area contributed by atoms with Gasteiger partial charge in [-0.05, 0) is 67.7 Å². The maximum absolute atomic E-state index is 12.8. The van der Waals surface area contributed by atoms with E-state index in [9.17, 15) is 14.4 Å². The molecule has 1 aliphatic rings. The molecular weight excluding hydrogens is 510 g/mol. The number of fused-ring (bicyclic) bond motifs is 1. The molecule has 0 bridgehead atoms. The lowest BCUT2D eigenvalue weighted by atomic mass is 10.1. The molecule has 10 heteroatoms. The third-order valence-electron chi connectivity index (χ3n) is 6.21. The Morgan fingerprint density at radius 1 is 1.08 bits per heavy atom. The van der Waals surface area contributed by atoms with Crippen molar-refractivity contribution in [3.63, 3.8) is 0 Å². The van der Waals surface area contributed by atoms with Crippen LogP contribution in [0.3, 0.4) is 0 Å². The number of likely N-dealkylation sites (N-methyl/N-ethyl adjacent to an activating group) is 1. The molecule has 200 valence electrons. The van der Waals surface area contributed by atoms with Crippen molar-refractivity contribution < 1.29 is 28.3 Å². The maximum atomic E-state index is 12.8. The third-order valence-corrected chi connectivity index (χ3v) is 6.47. The molecule has 0 saturated heterocycles. The summed E-state index contributed by atoms with van der Waals surface area (Å²) in [5.41, 5.74) is 0.814. The number of carbonyl (C=O) groups is 3. The number of rotatable bonds is 12. The topological polar surface area (TPSA) is 101 Å². The first-order valence-electron chi connectivity index (χ1n) is 12.5. The Bertz CT molecular complexity index is 1290. The molecule has 9 nitrogen and oxygen atoms in total. The zero-order chi connectivity index (χ0) is 27.1. The lowest BCUT2D eigenvalue weighted by Gasteiger charge is -2.29. The highest BCUT2D eigenvalue weighted by Gasteiger charge is 2.28. The van der Waals surface area contributed by atoms with Gasteiger partial charge in [0.15, 0.2) is 24.8 Å². The lowest BCUT2D eigenvalue weighted by molar-refractivity contribution is -0.121. The number of carbonyl (C=O) groups excluding carboxylic acids is 3. The average molecular weight is 540 g/mol. The summed E-state index contributed by atoms with van der Waals surface area (Å²) < 4.78 is 16.9. The summed E-state index contributed by atoms with van der Waals surface area (Å²) in [6, 6.07) is 14.9. The van der Waals surface area contributed by atoms with Crippen LogP contribution in [-0.4, -0.2) is 61.9 Å². The molecule has 0 radical (unpaired) electrons. The Labute approximate surface area is 226 Å². The fraction of sp³-hybridized carbons (Fsp3) is 0.321. The van der Waals surface area contributed by atoms with Crippen molar-refractivity contribution in [1.29, 1.82) is 0 Å². The van der Waals surface area contributed by atoms with Gasteiger partial charge in [0.2, 0.25) is 0 Å². The third kappa shape index (κ3) is 6.73. The van der Waals surface area contributed by atoms with Crippen LogP contribution >= 0.6 is 11.6 Å². The van der Waals surface area contributed by atoms with E-state index in [1.54, 1.807) is 54.6 Å². The molecule has 1 N–H and O–H groups in total. The van der Waals surface area contributed by atoms with Crippen LogP contribution in [0.1, 0.15) is 40.5 Å². The summed E-state index contributed by atoms with van der Waals surface area (Å²) in [6.07, 6.45) is 0. The summed E-state index contributed by atoms with van der Waals surface area (Å²) >= 11 is 5.88. The van der Waals surface area contributed by atoms with Crippen molar-refractivity contribution in [2.75, 3.05) is 44.3 Å². The molecule has 0 saturated carbocycles. The van der Waals surface area contributed by atoms with Gasteiger partial charge in [-0.1, -0.05) is 25.4 Å². The Morgan fingerprint density at radius 3 is 2.58 bits per heavy atom. The first-order valence-corrected chi connectivity index (χ1v) is 12.8. The van der Waals surface area contributed by atoms with Crippen LogP contribution in [-0.2, 0) is 11.3 Å². The van der Waals surface area contributed by atoms with Crippen molar-refractivity contribution in [3.05, 3.63) is 76.7 Å². The number of hydrogen-bond acceptors (Lipinski definition) is 7. The van der Waals surface area contributed by atoms with E-state index in [0.29, 0.717) is 40.1 Å². The van der Waals surface area contributed by atoms with Crippen LogP contribution in [0, 0.1) is 0 Å². The Morgan fingerprint density at radius 2 is 1.84 bits per heavy atom. The smallest absolute Gasteiger partial charge is 0.287 e. The minimum Gasteiger partial charge on any atom is -0.485 e. The SMILES string of the molecule is CCN(CC)CCNC(=O)c1ccc(CN2C(=O)COc3ccc(C(=O)COc4ccc(Cl)cc4)cc32)o1. The van der Waals surface area contributed by atoms with E-state index in [4.69, 9.17) is 25.5 Å². The number of nitrogens with one attached hydrogen (secondary N) is 1. The van der Waals surface area contributed by atoms with Crippen molar-refractivity contribution in [1.82, 2.24) is 10.2 Å². The normalized spacial score (nSPS) is 12.7. The van der Waals surface area contributed by atoms with Gasteiger partial charge >= 0.3 is 0 Å². The van der Waals surface area contributed by atoms with E-state index in [2.05, 4.69) is 24.1 Å². The fourth-order valence-electron chi connectivity index (χ4n) is 4.01. The Kier molecular flexibility index (Phi) is 9.04. The van der Waals surface area contributed by atoms with Gasteiger partial charge in [-0.2, -0.15) is 0 Å². The molecule has 0 atom stereocenters. The predicted molar refractivity (Wildman–Crippen MR) is 143 cm³/mol. The van der Waals surface area contributed by atoms with Crippen LogP contribution in [0.5, 0.6) is 11.5 Å². The molecule has 3 aromatic rings. The number of ketones is 1. The van der Waals surface area contributed by atoms with Crippen molar-refractivity contribution >= 4 is 34.9 Å². The van der Waals surface area contributed by atoms with Crippen molar-refractivity contribution in [3.8, 4) is 11.5 Å². The molecular formula is C28H30ClN3O6. The van der Waals surface area contributed by atoms with Gasteiger partial charge in [-0.25, -0.2) is 0 Å². The molecule has 2 aromatic carbocycles. The van der Waals surface area contributed by atoms with Crippen LogP contribution in [0.2, 0.25) is 5.02 Å². The molecule has 38 heavy (non-hydrogen) atoms. The first kappa shape index (κ1) is 27.2. The molecule has 0 aliphatic carbocycles. The first-order chi connectivity index (χ1) is 18.4. The second-order valence-corrected chi connectivity index (χ2v) is 9.10. The highest BCUT2D eigenvalue weighted by atomic mass is 35.5. The van der Waals surface area contributed by atoms with E-state index < -0.39 is 0 Å². The number of Topliss-reactive ketones (excluding diaryl/α,β-unsaturated/α-hetero) is 1. The van der Waals surface area contributed by atoms with Crippen LogP contribution < -0.4 is 19.7 Å². The van der Waals surface area contributed by atoms with Gasteiger partial charge in [0.25, 0.3) is 11.8 Å². The van der Waals surface area contributed by atoms with Crippen LogP contribution in [0.25, 0.3) is 0 Å². The van der Waals surface area contributed by atoms with Gasteiger partial charge in [-0.3, -0.25) is 19.3 Å². The number of furan rings is 1. The second-order valence-electron chi connectivity index (χ2n) is 8.67. The number of benzene rings is 2. The fourth-order valence-corrected chi connectivity index (χ4v) is 4.13. The molecule has 0 fully saturated rings. The van der Waals surface area contributed by atoms with E-state index in [0.717, 1.165) is 19.6 Å². The molecule has 2 heterocycles. The zero-order valence-electron chi connectivity index (χ0n) is 21.4. The largest absolute Gasteiger partial charge is 0.485 e. The van der Waals surface area contributed by atoms with Gasteiger partial charge in [0.05, 0.1) is 12.2 Å². The number of hydrogen-bond donors (Lipinski definition) is 1. The summed E-state index contributed by atoms with van der Waals surface area (Å²) in [5.74, 6) is 0.730. The number of amides is 2. The molecule has 2 amide bonds. The average Bonchev–Trinajstić information content (AvgIpc) is 3.41. The Balaban J connectivity index is 1.42. The van der Waals surface area contributed by atoms with Crippen molar-refractivity contribution in [2.45, 2.75) is 20.4 Å². The number of halogens is 1. The number of ether oxygens (including phenoxy) is 2. The number of nitrogens with zero attached hydrogens (tertiary/aromatic N) is 2. The van der Waals surface area contributed by atoms with E-state index >= 15 is 0 Å². The molecule has 0 unspecified atom stereocenters. The molecule has 4 rings (SSSR count). The standard InChI is InChI=1S/C28H30ClN3O6/c1-3-31(4-2)14-13-30-28(35)26-12-10-22(38-26)16-32-23-15-19(5-11-25(23)37-18-27(32)34)24(33)17-36-21-8-6-20(29)7-9-21/h5-12,15H,3-4,13-14,16-18H2,1-2H3,(H,30,35). The predicted octanol–water partition coefficient (Wildman–Crippen LogP) is 4.19. The van der Waals surface area contributed by atoms with Crippen LogP contribution in [0.15, 0.2) is 59.0 Å². The monoisotopic (exact) mass is 539 g/mol. The zero-order valence-corrected chi connectivity index (χ0v) is 22.1. The van der Waals surface area contributed by atoms with Gasteiger partial charge in [-0.15, -0.1) is 0 Å². The highest BCUT2D eigenvalue weighted by molar-refractivity contribution is 6.30. The van der Waals surface area contributed by atoms with E-state index in [1.165, 1.54) is 4.90 Å². The van der Waals surface area contributed by atoms with E-state index in [-0.39, 0.29) is 43.1 Å². The summed E-state index contributed by atoms with van der Waals surface area (Å²) in [4.78, 5) is 41.7. The molecule has 1 aliphatic heterocycles. The lowest BCUT2D eigenvalue weighted by Crippen LogP contribution is -2.38. The summed E-state index contributed by atoms with van der Waals surface area (Å²) in [5, 5.41) is 3.43. The summed E-state index contributed by atoms with van der Waals surface area (Å²) in [7, 11) is 0. The number of anilines is 1. The molecule has 1 aromatic heterocycles. The molecule has 0 spiro atoms. The second kappa shape index (κ2) is 12.6.